The third-order valence-electron chi connectivity index (χ3n) is 4.38. The molecule has 0 N–H and O–H groups in total. The van der Waals surface area contributed by atoms with Crippen LogP contribution in [0.4, 0.5) is 0 Å². The van der Waals surface area contributed by atoms with Gasteiger partial charge in [0.25, 0.3) is 0 Å². The Bertz CT molecular complexity index is 1040. The lowest BCUT2D eigenvalue weighted by Crippen LogP contribution is -1.97. The molecule has 3 aromatic rings. The molecule has 0 radical (unpaired) electrons. The molecule has 3 rings (SSSR count). The minimum atomic E-state index is 0.478. The number of hydrogen-bond donors (Lipinski definition) is 0. The zero-order chi connectivity index (χ0) is 18.8. The molecule has 134 valence electrons. The zero-order valence-corrected chi connectivity index (χ0v) is 15.3. The van der Waals surface area contributed by atoms with Gasteiger partial charge in [-0.05, 0) is 35.0 Å². The van der Waals surface area contributed by atoms with E-state index in [1.807, 2.05) is 12.1 Å². The molecule has 0 saturated heterocycles. The number of hydrogen-bond acceptors (Lipinski definition) is 6. The van der Waals surface area contributed by atoms with Crippen molar-refractivity contribution >= 4 is 21.5 Å². The minimum Gasteiger partial charge on any atom is -0.493 e. The highest BCUT2D eigenvalue weighted by molar-refractivity contribution is 6.14. The van der Waals surface area contributed by atoms with Crippen molar-refractivity contribution in [3.8, 4) is 34.8 Å². The molecule has 0 unspecified atom stereocenters. The zero-order valence-electron chi connectivity index (χ0n) is 15.3. The maximum atomic E-state index is 9.66. The summed E-state index contributed by atoms with van der Waals surface area (Å²) in [5.41, 5.74) is 0.499. The number of ether oxygens (including phenoxy) is 5. The normalized spacial score (nSPS) is 10.5. The number of rotatable bonds is 5. The fourth-order valence-electron chi connectivity index (χ4n) is 3.18. The first-order valence-electron chi connectivity index (χ1n) is 7.84. The fourth-order valence-corrected chi connectivity index (χ4v) is 3.18. The highest BCUT2D eigenvalue weighted by Crippen LogP contribution is 2.47. The van der Waals surface area contributed by atoms with Crippen molar-refractivity contribution in [1.82, 2.24) is 0 Å². The predicted molar refractivity (Wildman–Crippen MR) is 98.9 cm³/mol. The van der Waals surface area contributed by atoms with Crippen molar-refractivity contribution in [1.29, 1.82) is 5.26 Å². The Balaban J connectivity index is 2.58. The van der Waals surface area contributed by atoms with Gasteiger partial charge in [-0.25, -0.2) is 0 Å². The van der Waals surface area contributed by atoms with Crippen LogP contribution in [0, 0.1) is 11.3 Å². The highest BCUT2D eigenvalue weighted by Gasteiger charge is 2.20. The Labute approximate surface area is 151 Å². The molecule has 0 spiro atoms. The summed E-state index contributed by atoms with van der Waals surface area (Å²) in [7, 11) is 7.81. The molecule has 0 saturated carbocycles. The minimum absolute atomic E-state index is 0.478. The monoisotopic (exact) mass is 353 g/mol. The van der Waals surface area contributed by atoms with Gasteiger partial charge in [-0.3, -0.25) is 0 Å². The van der Waals surface area contributed by atoms with Crippen LogP contribution >= 0.6 is 0 Å². The number of benzene rings is 3. The second kappa shape index (κ2) is 6.89. The number of nitriles is 1. The molecule has 0 heterocycles. The summed E-state index contributed by atoms with van der Waals surface area (Å²) in [6, 6.07) is 9.54. The van der Waals surface area contributed by atoms with E-state index in [9.17, 15) is 5.26 Å². The van der Waals surface area contributed by atoms with Gasteiger partial charge < -0.3 is 23.7 Å². The maximum Gasteiger partial charge on any atom is 0.203 e. The molecule has 0 aliphatic heterocycles. The Morgan fingerprint density at radius 3 is 1.58 bits per heavy atom. The largest absolute Gasteiger partial charge is 0.493 e. The molecule has 0 atom stereocenters. The average Bonchev–Trinajstić information content (AvgIpc) is 2.70. The fraction of sp³-hybridized carbons (Fsp3) is 0.250. The summed E-state index contributed by atoms with van der Waals surface area (Å²) in [6.45, 7) is 0. The number of nitrogens with zero attached hydrogens (tertiary/aromatic N) is 1. The van der Waals surface area contributed by atoms with Gasteiger partial charge in [-0.15, -0.1) is 0 Å². The molecular weight excluding hydrogens is 334 g/mol. The van der Waals surface area contributed by atoms with Gasteiger partial charge in [0.05, 0.1) is 47.2 Å². The van der Waals surface area contributed by atoms with Crippen LogP contribution in [0.25, 0.3) is 21.5 Å². The van der Waals surface area contributed by atoms with Gasteiger partial charge in [0.1, 0.15) is 0 Å². The van der Waals surface area contributed by atoms with E-state index in [1.54, 1.807) is 47.7 Å². The molecule has 26 heavy (non-hydrogen) atoms. The third-order valence-corrected chi connectivity index (χ3v) is 4.38. The van der Waals surface area contributed by atoms with Crippen LogP contribution in [0.15, 0.2) is 24.3 Å². The maximum absolute atomic E-state index is 9.66. The summed E-state index contributed by atoms with van der Waals surface area (Å²) >= 11 is 0. The lowest BCUT2D eigenvalue weighted by atomic mass is 9.96. The summed E-state index contributed by atoms with van der Waals surface area (Å²) in [5.74, 6) is 2.66. The Hall–Kier alpha value is -3.33. The molecule has 0 aliphatic rings. The average molecular weight is 353 g/mol. The van der Waals surface area contributed by atoms with Crippen LogP contribution in [-0.2, 0) is 0 Å². The number of fused-ring (bicyclic) bond motifs is 3. The second-order valence-corrected chi connectivity index (χ2v) is 5.53. The Morgan fingerprint density at radius 1 is 0.577 bits per heavy atom. The van der Waals surface area contributed by atoms with E-state index < -0.39 is 0 Å². The van der Waals surface area contributed by atoms with E-state index in [2.05, 4.69) is 6.07 Å². The topological polar surface area (TPSA) is 69.9 Å². The van der Waals surface area contributed by atoms with Gasteiger partial charge >= 0.3 is 0 Å². The van der Waals surface area contributed by atoms with E-state index in [0.717, 1.165) is 21.5 Å². The van der Waals surface area contributed by atoms with Gasteiger partial charge in [0.2, 0.25) is 5.75 Å². The molecule has 0 bridgehead atoms. The molecule has 0 amide bonds. The lowest BCUT2D eigenvalue weighted by Gasteiger charge is -2.17. The molecule has 0 aliphatic carbocycles. The molecule has 3 aromatic carbocycles. The summed E-state index contributed by atoms with van der Waals surface area (Å²) in [4.78, 5) is 0. The first kappa shape index (κ1) is 17.5. The van der Waals surface area contributed by atoms with Crippen LogP contribution < -0.4 is 23.7 Å². The third kappa shape index (κ3) is 2.49. The van der Waals surface area contributed by atoms with Gasteiger partial charge in [-0.2, -0.15) is 5.26 Å². The Kier molecular flexibility index (Phi) is 4.63. The van der Waals surface area contributed by atoms with Gasteiger partial charge in [0.15, 0.2) is 23.0 Å². The quantitative estimate of drug-likeness (QED) is 0.648. The number of methoxy groups -OCH3 is 5. The van der Waals surface area contributed by atoms with E-state index >= 15 is 0 Å². The van der Waals surface area contributed by atoms with Crippen LogP contribution in [0.5, 0.6) is 28.7 Å². The van der Waals surface area contributed by atoms with E-state index in [1.165, 1.54) is 0 Å². The molecule has 0 fully saturated rings. The lowest BCUT2D eigenvalue weighted by molar-refractivity contribution is 0.327. The second-order valence-electron chi connectivity index (χ2n) is 5.53. The van der Waals surface area contributed by atoms with Crippen molar-refractivity contribution in [2.24, 2.45) is 0 Å². The van der Waals surface area contributed by atoms with E-state index in [0.29, 0.717) is 34.3 Å². The van der Waals surface area contributed by atoms with E-state index in [4.69, 9.17) is 23.7 Å². The van der Waals surface area contributed by atoms with Gasteiger partial charge in [-0.1, -0.05) is 0 Å². The van der Waals surface area contributed by atoms with Crippen molar-refractivity contribution in [2.45, 2.75) is 0 Å². The standard InChI is InChI=1S/C20H19NO5/c1-22-16-7-12-11(10-21)6-15-14(13(12)8-17(16)23-2)9-18(24-3)20(26-5)19(15)25-4/h6-9H,1-5H3. The predicted octanol–water partition coefficient (Wildman–Crippen LogP) is 3.91. The first-order valence-corrected chi connectivity index (χ1v) is 7.84. The first-order chi connectivity index (χ1) is 12.6. The highest BCUT2D eigenvalue weighted by atomic mass is 16.5. The van der Waals surface area contributed by atoms with Crippen LogP contribution in [0.2, 0.25) is 0 Å². The molecule has 6 heteroatoms. The molecular formula is C20H19NO5. The van der Waals surface area contributed by atoms with Crippen molar-refractivity contribution in [2.75, 3.05) is 35.5 Å². The van der Waals surface area contributed by atoms with Crippen LogP contribution in [0.3, 0.4) is 0 Å². The van der Waals surface area contributed by atoms with Crippen molar-refractivity contribution < 1.29 is 23.7 Å². The smallest absolute Gasteiger partial charge is 0.203 e. The summed E-state index contributed by atoms with van der Waals surface area (Å²) < 4.78 is 27.3. The summed E-state index contributed by atoms with van der Waals surface area (Å²) in [5, 5.41) is 12.9. The SMILES string of the molecule is COc1cc2c(C#N)cc3c(OC)c(OC)c(OC)cc3c2cc1OC. The van der Waals surface area contributed by atoms with Crippen LogP contribution in [-0.4, -0.2) is 35.5 Å². The summed E-state index contributed by atoms with van der Waals surface area (Å²) in [6.07, 6.45) is 0. The van der Waals surface area contributed by atoms with Crippen molar-refractivity contribution in [3.05, 3.63) is 29.8 Å². The molecule has 6 nitrogen and oxygen atoms in total. The molecule has 0 aromatic heterocycles. The van der Waals surface area contributed by atoms with Crippen LogP contribution in [0.1, 0.15) is 5.56 Å². The van der Waals surface area contributed by atoms with Crippen molar-refractivity contribution in [3.63, 3.8) is 0 Å². The van der Waals surface area contributed by atoms with E-state index in [-0.39, 0.29) is 0 Å². The Morgan fingerprint density at radius 2 is 1.08 bits per heavy atom. The van der Waals surface area contributed by atoms with Gasteiger partial charge in [0, 0.05) is 10.8 Å².